The lowest BCUT2D eigenvalue weighted by molar-refractivity contribution is 0.0485. The SMILES string of the molecule is NNC(C1CCOCC1)C1Cc2ccccc21. The molecule has 0 spiro atoms. The van der Waals surface area contributed by atoms with Gasteiger partial charge in [0.15, 0.2) is 0 Å². The number of hydrogen-bond acceptors (Lipinski definition) is 3. The smallest absolute Gasteiger partial charge is 0.0469 e. The average molecular weight is 232 g/mol. The Balaban J connectivity index is 1.74. The number of hydrogen-bond donors (Lipinski definition) is 2. The highest BCUT2D eigenvalue weighted by atomic mass is 16.5. The molecule has 0 radical (unpaired) electrons. The van der Waals surface area contributed by atoms with Crippen LogP contribution in [0.15, 0.2) is 24.3 Å². The Morgan fingerprint density at radius 3 is 2.71 bits per heavy atom. The summed E-state index contributed by atoms with van der Waals surface area (Å²) in [6, 6.07) is 9.13. The topological polar surface area (TPSA) is 47.3 Å². The van der Waals surface area contributed by atoms with Crippen molar-refractivity contribution in [3.8, 4) is 0 Å². The molecule has 3 heteroatoms. The molecule has 0 amide bonds. The first-order valence-electron chi connectivity index (χ1n) is 6.52. The lowest BCUT2D eigenvalue weighted by Gasteiger charge is -2.41. The highest BCUT2D eigenvalue weighted by molar-refractivity contribution is 5.41. The summed E-state index contributed by atoms with van der Waals surface area (Å²) in [5.41, 5.74) is 6.04. The van der Waals surface area contributed by atoms with Gasteiger partial charge in [-0.3, -0.25) is 11.3 Å². The number of ether oxygens (including phenoxy) is 1. The van der Waals surface area contributed by atoms with Gasteiger partial charge in [-0.15, -0.1) is 0 Å². The second-order valence-electron chi connectivity index (χ2n) is 5.15. The largest absolute Gasteiger partial charge is 0.381 e. The first-order valence-corrected chi connectivity index (χ1v) is 6.52. The summed E-state index contributed by atoms with van der Waals surface area (Å²) >= 11 is 0. The number of benzene rings is 1. The Morgan fingerprint density at radius 2 is 2.00 bits per heavy atom. The Labute approximate surface area is 102 Å². The van der Waals surface area contributed by atoms with Crippen LogP contribution < -0.4 is 11.3 Å². The standard InChI is InChI=1S/C14H20N2O/c15-16-14(10-5-7-17-8-6-10)13-9-11-3-1-2-4-12(11)13/h1-4,10,13-14,16H,5-9,15H2. The minimum Gasteiger partial charge on any atom is -0.381 e. The third-order valence-corrected chi connectivity index (χ3v) is 4.29. The molecule has 0 saturated carbocycles. The van der Waals surface area contributed by atoms with Crippen molar-refractivity contribution in [1.82, 2.24) is 5.43 Å². The quantitative estimate of drug-likeness (QED) is 0.614. The zero-order valence-corrected chi connectivity index (χ0v) is 10.1. The normalized spacial score (nSPS) is 26.1. The Bertz CT molecular complexity index is 388. The third kappa shape index (κ3) is 1.99. The fraction of sp³-hybridized carbons (Fsp3) is 0.571. The first kappa shape index (κ1) is 11.2. The molecular formula is C14H20N2O. The van der Waals surface area contributed by atoms with Gasteiger partial charge in [0, 0.05) is 25.2 Å². The molecule has 0 bridgehead atoms. The van der Waals surface area contributed by atoms with Crippen molar-refractivity contribution in [2.24, 2.45) is 11.8 Å². The molecule has 1 aliphatic carbocycles. The van der Waals surface area contributed by atoms with Gasteiger partial charge in [0.2, 0.25) is 0 Å². The van der Waals surface area contributed by atoms with E-state index in [0.29, 0.717) is 17.9 Å². The van der Waals surface area contributed by atoms with Gasteiger partial charge in [-0.05, 0) is 36.3 Å². The predicted molar refractivity (Wildman–Crippen MR) is 67.5 cm³/mol. The molecule has 1 heterocycles. The number of hydrazine groups is 1. The van der Waals surface area contributed by atoms with E-state index < -0.39 is 0 Å². The van der Waals surface area contributed by atoms with Crippen LogP contribution in [-0.4, -0.2) is 19.3 Å². The van der Waals surface area contributed by atoms with E-state index in [9.17, 15) is 0 Å². The average Bonchev–Trinajstić information content (AvgIpc) is 2.37. The van der Waals surface area contributed by atoms with Crippen molar-refractivity contribution in [3.05, 3.63) is 35.4 Å². The van der Waals surface area contributed by atoms with Crippen LogP contribution in [0.1, 0.15) is 29.9 Å². The van der Waals surface area contributed by atoms with E-state index in [4.69, 9.17) is 10.6 Å². The maximum absolute atomic E-state index is 5.78. The summed E-state index contributed by atoms with van der Waals surface area (Å²) in [6.07, 6.45) is 3.43. The summed E-state index contributed by atoms with van der Waals surface area (Å²) in [5.74, 6) is 7.04. The first-order chi connectivity index (χ1) is 8.40. The van der Waals surface area contributed by atoms with Crippen LogP contribution in [0.5, 0.6) is 0 Å². The second kappa shape index (κ2) is 4.77. The van der Waals surface area contributed by atoms with E-state index in [0.717, 1.165) is 26.1 Å². The number of rotatable bonds is 3. The van der Waals surface area contributed by atoms with E-state index in [-0.39, 0.29) is 0 Å². The van der Waals surface area contributed by atoms with Crippen molar-refractivity contribution in [2.45, 2.75) is 31.2 Å². The third-order valence-electron chi connectivity index (χ3n) is 4.29. The predicted octanol–water partition coefficient (Wildman–Crippen LogP) is 1.58. The molecule has 0 aromatic heterocycles. The maximum atomic E-state index is 5.78. The van der Waals surface area contributed by atoms with Crippen molar-refractivity contribution in [2.75, 3.05) is 13.2 Å². The summed E-state index contributed by atoms with van der Waals surface area (Å²) < 4.78 is 5.43. The summed E-state index contributed by atoms with van der Waals surface area (Å²) in [6.45, 7) is 1.77. The molecule has 1 aromatic rings. The van der Waals surface area contributed by atoms with Gasteiger partial charge in [0.25, 0.3) is 0 Å². The molecule has 1 fully saturated rings. The van der Waals surface area contributed by atoms with Gasteiger partial charge < -0.3 is 4.74 Å². The Morgan fingerprint density at radius 1 is 1.24 bits per heavy atom. The molecule has 1 saturated heterocycles. The summed E-state index contributed by atoms with van der Waals surface area (Å²) in [7, 11) is 0. The number of nitrogens with two attached hydrogens (primary N) is 1. The van der Waals surface area contributed by atoms with Crippen molar-refractivity contribution in [3.63, 3.8) is 0 Å². The number of nitrogens with one attached hydrogen (secondary N) is 1. The van der Waals surface area contributed by atoms with Gasteiger partial charge in [-0.25, -0.2) is 0 Å². The summed E-state index contributed by atoms with van der Waals surface area (Å²) in [4.78, 5) is 0. The Kier molecular flexibility index (Phi) is 3.14. The minimum absolute atomic E-state index is 0.411. The zero-order valence-electron chi connectivity index (χ0n) is 10.1. The van der Waals surface area contributed by atoms with Crippen molar-refractivity contribution in [1.29, 1.82) is 0 Å². The van der Waals surface area contributed by atoms with E-state index >= 15 is 0 Å². The van der Waals surface area contributed by atoms with Gasteiger partial charge >= 0.3 is 0 Å². The van der Waals surface area contributed by atoms with Crippen LogP contribution >= 0.6 is 0 Å². The van der Waals surface area contributed by atoms with E-state index in [2.05, 4.69) is 29.7 Å². The molecule has 1 aliphatic heterocycles. The van der Waals surface area contributed by atoms with Crippen LogP contribution in [0.3, 0.4) is 0 Å². The molecule has 3 rings (SSSR count). The van der Waals surface area contributed by atoms with Gasteiger partial charge in [-0.2, -0.15) is 0 Å². The van der Waals surface area contributed by atoms with Crippen LogP contribution in [0, 0.1) is 5.92 Å². The van der Waals surface area contributed by atoms with Gasteiger partial charge in [0.05, 0.1) is 0 Å². The second-order valence-corrected chi connectivity index (χ2v) is 5.15. The van der Waals surface area contributed by atoms with E-state index in [1.165, 1.54) is 17.5 Å². The Hall–Kier alpha value is -0.900. The van der Waals surface area contributed by atoms with Crippen molar-refractivity contribution < 1.29 is 4.74 Å². The van der Waals surface area contributed by atoms with Crippen LogP contribution in [0.25, 0.3) is 0 Å². The fourth-order valence-electron chi connectivity index (χ4n) is 3.27. The van der Waals surface area contributed by atoms with Gasteiger partial charge in [-0.1, -0.05) is 24.3 Å². The minimum atomic E-state index is 0.411. The molecule has 2 atom stereocenters. The lowest BCUT2D eigenvalue weighted by atomic mass is 9.69. The monoisotopic (exact) mass is 232 g/mol. The van der Waals surface area contributed by atoms with Crippen LogP contribution in [0.4, 0.5) is 0 Å². The molecule has 3 N–H and O–H groups in total. The summed E-state index contributed by atoms with van der Waals surface area (Å²) in [5, 5.41) is 0. The molecule has 17 heavy (non-hydrogen) atoms. The van der Waals surface area contributed by atoms with Crippen LogP contribution in [0.2, 0.25) is 0 Å². The van der Waals surface area contributed by atoms with E-state index in [1.807, 2.05) is 0 Å². The van der Waals surface area contributed by atoms with E-state index in [1.54, 1.807) is 0 Å². The molecule has 2 aliphatic rings. The molecule has 2 unspecified atom stereocenters. The van der Waals surface area contributed by atoms with Crippen molar-refractivity contribution >= 4 is 0 Å². The highest BCUT2D eigenvalue weighted by Crippen LogP contribution is 2.40. The zero-order chi connectivity index (χ0) is 11.7. The molecule has 92 valence electrons. The number of fused-ring (bicyclic) bond motifs is 1. The maximum Gasteiger partial charge on any atom is 0.0469 e. The lowest BCUT2D eigenvalue weighted by Crippen LogP contribution is -2.49. The molecule has 1 aromatic carbocycles. The molecule has 3 nitrogen and oxygen atoms in total. The van der Waals surface area contributed by atoms with Crippen LogP contribution in [-0.2, 0) is 11.2 Å². The fourth-order valence-corrected chi connectivity index (χ4v) is 3.27. The molecular weight excluding hydrogens is 212 g/mol. The highest BCUT2D eigenvalue weighted by Gasteiger charge is 2.37. The van der Waals surface area contributed by atoms with Gasteiger partial charge in [0.1, 0.15) is 0 Å².